The summed E-state index contributed by atoms with van der Waals surface area (Å²) in [5.74, 6) is -0.287. The predicted molar refractivity (Wildman–Crippen MR) is 115 cm³/mol. The van der Waals surface area contributed by atoms with E-state index in [9.17, 15) is 23.1 Å². The van der Waals surface area contributed by atoms with Crippen LogP contribution >= 0.6 is 0 Å². The average Bonchev–Trinajstić information content (AvgIpc) is 2.92. The third-order valence-corrected chi connectivity index (χ3v) is 8.66. The zero-order valence-corrected chi connectivity index (χ0v) is 19.8. The number of ketones is 1. The molecular weight excluding hydrogens is 408 g/mol. The number of carbonyl (C=O) groups excluding carboxylic acids is 1. The third-order valence-electron chi connectivity index (χ3n) is 6.53. The normalized spacial score (nSPS) is 25.4. The highest BCUT2D eigenvalue weighted by atomic mass is 32.2. The molecule has 1 saturated heterocycles. The summed E-state index contributed by atoms with van der Waals surface area (Å²) in [7, 11) is -3.95. The van der Waals surface area contributed by atoms with Gasteiger partial charge >= 0.3 is 6.09 Å². The van der Waals surface area contributed by atoms with Crippen molar-refractivity contribution in [2.45, 2.75) is 109 Å². The van der Waals surface area contributed by atoms with E-state index in [1.54, 1.807) is 13.8 Å². The number of nitrogens with one attached hydrogen (secondary N) is 1. The summed E-state index contributed by atoms with van der Waals surface area (Å²) in [5, 5.41) is 9.86. The molecule has 2 rings (SSSR count). The molecule has 2 atom stereocenters. The molecule has 0 spiro atoms. The Morgan fingerprint density at radius 3 is 2.33 bits per heavy atom. The number of hydrogen-bond donors (Lipinski definition) is 2. The second kappa shape index (κ2) is 9.53. The average molecular weight is 447 g/mol. The highest BCUT2D eigenvalue weighted by Gasteiger charge is 2.57. The minimum absolute atomic E-state index is 0.263. The zero-order valence-electron chi connectivity index (χ0n) is 18.9. The molecule has 2 N–H and O–H groups in total. The maximum Gasteiger partial charge on any atom is 0.409 e. The van der Waals surface area contributed by atoms with Gasteiger partial charge in [0.05, 0.1) is 6.04 Å². The van der Waals surface area contributed by atoms with Gasteiger partial charge in [0.15, 0.2) is 5.78 Å². The Morgan fingerprint density at radius 2 is 1.80 bits per heavy atom. The lowest BCUT2D eigenvalue weighted by atomic mass is 9.82. The molecule has 2 fully saturated rings. The Hall–Kier alpha value is -1.19. The minimum atomic E-state index is -3.95. The molecular formula is C21H38N2O6S. The van der Waals surface area contributed by atoms with Crippen molar-refractivity contribution >= 4 is 21.9 Å². The van der Waals surface area contributed by atoms with E-state index in [-0.39, 0.29) is 6.54 Å². The monoisotopic (exact) mass is 446 g/mol. The smallest absolute Gasteiger partial charge is 0.409 e. The van der Waals surface area contributed by atoms with Crippen molar-refractivity contribution in [1.82, 2.24) is 9.62 Å². The number of Topliss-reactive ketones (excluding diaryl/α,β-unsaturated/α-hetero) is 1. The van der Waals surface area contributed by atoms with E-state index in [0.717, 1.165) is 32.1 Å². The number of sulfonamides is 1. The lowest BCUT2D eigenvalue weighted by Gasteiger charge is -2.34. The van der Waals surface area contributed by atoms with Crippen molar-refractivity contribution in [3.8, 4) is 0 Å². The van der Waals surface area contributed by atoms with Crippen LogP contribution in [-0.2, 0) is 19.6 Å². The number of hydrogen-bond acceptors (Lipinski definition) is 5. The molecule has 2 aliphatic rings. The van der Waals surface area contributed by atoms with E-state index in [1.165, 1.54) is 25.2 Å². The molecule has 0 bridgehead atoms. The molecule has 0 aromatic carbocycles. The summed E-state index contributed by atoms with van der Waals surface area (Å²) in [6, 6.07) is -0.696. The molecule has 0 radical (unpaired) electrons. The van der Waals surface area contributed by atoms with Crippen LogP contribution in [0.15, 0.2) is 0 Å². The Morgan fingerprint density at radius 1 is 1.20 bits per heavy atom. The van der Waals surface area contributed by atoms with Gasteiger partial charge < -0.3 is 9.84 Å². The third kappa shape index (κ3) is 5.16. The van der Waals surface area contributed by atoms with Crippen molar-refractivity contribution in [3.05, 3.63) is 0 Å². The first-order chi connectivity index (χ1) is 13.8. The summed E-state index contributed by atoms with van der Waals surface area (Å²) >= 11 is 0. The van der Waals surface area contributed by atoms with Crippen LogP contribution in [0, 0.1) is 5.92 Å². The summed E-state index contributed by atoms with van der Waals surface area (Å²) < 4.78 is 32.5. The van der Waals surface area contributed by atoms with Crippen LogP contribution in [0.25, 0.3) is 0 Å². The van der Waals surface area contributed by atoms with E-state index in [2.05, 4.69) is 4.72 Å². The predicted octanol–water partition coefficient (Wildman–Crippen LogP) is 3.51. The Labute approximate surface area is 180 Å². The fraction of sp³-hybridized carbons (Fsp3) is 0.905. The van der Waals surface area contributed by atoms with Crippen LogP contribution in [-0.4, -0.2) is 59.5 Å². The molecule has 174 valence electrons. The first-order valence-corrected chi connectivity index (χ1v) is 12.6. The number of carboxylic acid groups (broad SMARTS) is 1. The van der Waals surface area contributed by atoms with Gasteiger partial charge in [0.25, 0.3) is 0 Å². The first-order valence-electron chi connectivity index (χ1n) is 11.1. The van der Waals surface area contributed by atoms with Gasteiger partial charge in [-0.05, 0) is 46.5 Å². The van der Waals surface area contributed by atoms with Gasteiger partial charge in [0.2, 0.25) is 10.0 Å². The Kier molecular flexibility index (Phi) is 7.96. The summed E-state index contributed by atoms with van der Waals surface area (Å²) in [5.41, 5.74) is -1.21. The van der Waals surface area contributed by atoms with Crippen molar-refractivity contribution < 1.29 is 27.9 Å². The zero-order chi connectivity index (χ0) is 22.7. The van der Waals surface area contributed by atoms with E-state index < -0.39 is 44.5 Å². The maximum absolute atomic E-state index is 13.5. The maximum atomic E-state index is 13.5. The number of ether oxygens (including phenoxy) is 1. The van der Waals surface area contributed by atoms with Gasteiger partial charge in [-0.1, -0.05) is 45.4 Å². The van der Waals surface area contributed by atoms with E-state index in [0.29, 0.717) is 18.8 Å². The fourth-order valence-corrected chi connectivity index (χ4v) is 5.77. The van der Waals surface area contributed by atoms with Gasteiger partial charge in [-0.15, -0.1) is 0 Å². The van der Waals surface area contributed by atoms with Crippen LogP contribution < -0.4 is 4.72 Å². The van der Waals surface area contributed by atoms with Crippen LogP contribution in [0.1, 0.15) is 86.0 Å². The number of unbranched alkanes of at least 4 members (excludes halogenated alkanes) is 1. The van der Waals surface area contributed by atoms with Crippen molar-refractivity contribution in [2.75, 3.05) is 6.54 Å². The molecule has 8 nitrogen and oxygen atoms in total. The van der Waals surface area contributed by atoms with Crippen LogP contribution in [0.2, 0.25) is 0 Å². The topological polar surface area (TPSA) is 113 Å². The standard InChI is InChI=1S/C21H38N2O6S/c1-6-7-13-22-30(27,28)20(2,3)18(24)17-16(14-15-11-9-8-10-12-15)23(19(25)26)21(4,5)29-17/h15-17,22H,6-14H2,1-5H3,(H,25,26)/t16-,17?/m0/s1. The van der Waals surface area contributed by atoms with E-state index in [4.69, 9.17) is 4.74 Å². The van der Waals surface area contributed by atoms with E-state index in [1.807, 2.05) is 6.92 Å². The number of rotatable bonds is 9. The van der Waals surface area contributed by atoms with Crippen molar-refractivity contribution in [1.29, 1.82) is 0 Å². The molecule has 30 heavy (non-hydrogen) atoms. The molecule has 0 aromatic heterocycles. The van der Waals surface area contributed by atoms with Crippen LogP contribution in [0.5, 0.6) is 0 Å². The van der Waals surface area contributed by atoms with Crippen LogP contribution in [0.3, 0.4) is 0 Å². The molecule has 1 amide bonds. The second-order valence-corrected chi connectivity index (χ2v) is 11.9. The highest BCUT2D eigenvalue weighted by molar-refractivity contribution is 7.91. The van der Waals surface area contributed by atoms with Crippen molar-refractivity contribution in [3.63, 3.8) is 0 Å². The quantitative estimate of drug-likeness (QED) is 0.524. The lowest BCUT2D eigenvalue weighted by Crippen LogP contribution is -2.55. The SMILES string of the molecule is CCCCNS(=O)(=O)C(C)(C)C(=O)C1OC(C)(C)N(C(=O)O)[C@H]1CC1CCCCC1. The summed E-state index contributed by atoms with van der Waals surface area (Å²) in [4.78, 5) is 26.8. The number of nitrogens with zero attached hydrogens (tertiary/aromatic N) is 1. The van der Waals surface area contributed by atoms with Gasteiger partial charge in [-0.2, -0.15) is 0 Å². The number of amides is 1. The van der Waals surface area contributed by atoms with Gasteiger partial charge in [0.1, 0.15) is 16.6 Å². The van der Waals surface area contributed by atoms with Gasteiger partial charge in [0, 0.05) is 6.54 Å². The molecule has 0 aromatic rings. The lowest BCUT2D eigenvalue weighted by molar-refractivity contribution is -0.137. The first kappa shape index (κ1) is 25.1. The molecule has 1 unspecified atom stereocenters. The van der Waals surface area contributed by atoms with E-state index >= 15 is 0 Å². The molecule has 9 heteroatoms. The van der Waals surface area contributed by atoms with Crippen molar-refractivity contribution in [2.24, 2.45) is 5.92 Å². The minimum Gasteiger partial charge on any atom is -0.465 e. The summed E-state index contributed by atoms with van der Waals surface area (Å²) in [6.07, 6.45) is 5.07. The Balaban J connectivity index is 2.32. The Bertz CT molecular complexity index is 728. The summed E-state index contributed by atoms with van der Waals surface area (Å²) in [6.45, 7) is 8.20. The second-order valence-electron chi connectivity index (χ2n) is 9.57. The highest BCUT2D eigenvalue weighted by Crippen LogP contribution is 2.40. The number of carbonyl (C=O) groups is 2. The molecule has 1 saturated carbocycles. The largest absolute Gasteiger partial charge is 0.465 e. The molecule has 1 aliphatic carbocycles. The molecule has 1 heterocycles. The van der Waals surface area contributed by atoms with Crippen LogP contribution in [0.4, 0.5) is 4.79 Å². The van der Waals surface area contributed by atoms with Gasteiger partial charge in [-0.3, -0.25) is 9.69 Å². The van der Waals surface area contributed by atoms with Gasteiger partial charge in [-0.25, -0.2) is 17.9 Å². The molecule has 1 aliphatic heterocycles. The fourth-order valence-electron chi connectivity index (χ4n) is 4.61.